The zero-order valence-corrected chi connectivity index (χ0v) is 17.6. The Labute approximate surface area is 190 Å². The molecule has 0 saturated heterocycles. The third-order valence-electron chi connectivity index (χ3n) is 0.990. The second-order valence-electron chi connectivity index (χ2n) is 4.17. The van der Waals surface area contributed by atoms with Crippen LogP contribution in [-0.2, 0) is 9.13 Å². The highest BCUT2D eigenvalue weighted by Gasteiger charge is 2.42. The first kappa shape index (κ1) is 49.6. The van der Waals surface area contributed by atoms with Gasteiger partial charge in [-0.15, -0.1) is 25.2 Å². The van der Waals surface area contributed by atoms with Gasteiger partial charge in [-0.3, -0.25) is 0 Å². The maximum atomic E-state index is 10.4. The third kappa shape index (κ3) is 76.5. The van der Waals surface area contributed by atoms with Crippen molar-refractivity contribution in [1.82, 2.24) is 0 Å². The van der Waals surface area contributed by atoms with Crippen molar-refractivity contribution in [3.05, 3.63) is 0 Å². The van der Waals surface area contributed by atoms with E-state index in [0.717, 1.165) is 0 Å². The summed E-state index contributed by atoms with van der Waals surface area (Å²) in [6, 6.07) is 0. The van der Waals surface area contributed by atoms with Crippen LogP contribution in [0.15, 0.2) is 0 Å². The van der Waals surface area contributed by atoms with Crippen molar-refractivity contribution in [3.63, 3.8) is 0 Å². The topological polar surface area (TPSA) is 34.1 Å². The standard InChI is InChI=1S/4C2HF5.2F3OP/c4*3-1(4)2(5,6)7;2*1-5(2,3)4/h4*1H;;. The molecule has 0 heterocycles. The Bertz CT molecular complexity index is 521. The molecular weight excluding hydrogens is 684 g/mol. The fourth-order valence-electron chi connectivity index (χ4n) is 0. The number of hydrogen-bond acceptors (Lipinski definition) is 2. The first-order chi connectivity index (χ1) is 15.8. The summed E-state index contributed by atoms with van der Waals surface area (Å²) >= 11 is 0. The van der Waals surface area contributed by atoms with Crippen LogP contribution in [0.25, 0.3) is 0 Å². The van der Waals surface area contributed by atoms with Gasteiger partial charge in [-0.2, -0.15) is 52.7 Å². The van der Waals surface area contributed by atoms with E-state index >= 15 is 0 Å². The van der Waals surface area contributed by atoms with E-state index in [1.54, 1.807) is 0 Å². The van der Waals surface area contributed by atoms with Gasteiger partial charge in [0.1, 0.15) is 0 Å². The minimum Gasteiger partial charge on any atom is -0.215 e. The lowest BCUT2D eigenvalue weighted by molar-refractivity contribution is -0.219. The molecule has 0 atom stereocenters. The molecule has 0 amide bonds. The third-order valence-corrected chi connectivity index (χ3v) is 0.990. The first-order valence-electron chi connectivity index (χ1n) is 6.55. The summed E-state index contributed by atoms with van der Waals surface area (Å²) in [5, 5.41) is 0. The minimum atomic E-state index is -6.14. The second-order valence-corrected chi connectivity index (χ2v) is 5.76. The number of alkyl halides is 20. The average Bonchev–Trinajstić information content (AvgIpc) is 2.49. The quantitative estimate of drug-likeness (QED) is 0.188. The van der Waals surface area contributed by atoms with Crippen molar-refractivity contribution >= 4 is 16.1 Å². The molecule has 0 bridgehead atoms. The molecule has 0 aromatic heterocycles. The van der Waals surface area contributed by atoms with Gasteiger partial charge in [-0.05, 0) is 0 Å². The van der Waals surface area contributed by atoms with E-state index in [9.17, 15) is 113 Å². The molecule has 0 aromatic carbocycles. The normalized spacial score (nSPS) is 12.6. The lowest BCUT2D eigenvalue weighted by Crippen LogP contribution is -2.18. The zero-order chi connectivity index (χ0) is 33.3. The molecule has 2 nitrogen and oxygen atoms in total. The Kier molecular flexibility index (Phi) is 25.6. The van der Waals surface area contributed by atoms with Gasteiger partial charge in [0.2, 0.25) is 0 Å². The molecule has 0 N–H and O–H groups in total. The fourth-order valence-corrected chi connectivity index (χ4v) is 0. The number of hydrogen-bond donors (Lipinski definition) is 0. The Hall–Kier alpha value is -1.36. The highest BCUT2D eigenvalue weighted by Crippen LogP contribution is 2.50. The van der Waals surface area contributed by atoms with Crippen molar-refractivity contribution in [2.45, 2.75) is 50.4 Å². The van der Waals surface area contributed by atoms with Crippen LogP contribution >= 0.6 is 16.1 Å². The lowest BCUT2D eigenvalue weighted by Gasteiger charge is -2.00. The summed E-state index contributed by atoms with van der Waals surface area (Å²) in [5.41, 5.74) is 0. The van der Waals surface area contributed by atoms with E-state index in [1.807, 2.05) is 0 Å². The average molecular weight is 688 g/mol. The van der Waals surface area contributed by atoms with Gasteiger partial charge in [0.05, 0.1) is 0 Å². The van der Waals surface area contributed by atoms with Gasteiger partial charge >= 0.3 is 66.6 Å². The Balaban J connectivity index is -0.0000000813. The molecular formula is C8H4F26O2P2. The van der Waals surface area contributed by atoms with Crippen LogP contribution in [0.5, 0.6) is 0 Å². The van der Waals surface area contributed by atoms with Gasteiger partial charge in [0.25, 0.3) is 0 Å². The largest absolute Gasteiger partial charge is 0.591 e. The van der Waals surface area contributed by atoms with E-state index in [4.69, 9.17) is 9.13 Å². The smallest absolute Gasteiger partial charge is 0.215 e. The fraction of sp³-hybridized carbons (Fsp3) is 1.00. The Morgan fingerprint density at radius 3 is 0.342 bits per heavy atom. The SMILES string of the molecule is FC(F)C(F)(F)F.FC(F)C(F)(F)F.FC(F)C(F)(F)F.FC(F)C(F)(F)F.O=P(F)(F)F.O=P(F)(F)F. The molecule has 0 aliphatic carbocycles. The molecule has 38 heavy (non-hydrogen) atoms. The predicted molar refractivity (Wildman–Crippen MR) is 70.1 cm³/mol. The van der Waals surface area contributed by atoms with Gasteiger partial charge in [0.15, 0.2) is 0 Å². The summed E-state index contributed by atoms with van der Waals surface area (Å²) in [7, 11) is -12.3. The van der Waals surface area contributed by atoms with Gasteiger partial charge < -0.3 is 0 Å². The molecule has 0 aliphatic rings. The molecule has 0 spiro atoms. The van der Waals surface area contributed by atoms with E-state index < -0.39 is 66.6 Å². The van der Waals surface area contributed by atoms with Gasteiger partial charge in [-0.25, -0.2) is 44.3 Å². The molecule has 0 unspecified atom stereocenters. The maximum Gasteiger partial charge on any atom is 0.591 e. The second kappa shape index (κ2) is 19.7. The maximum absolute atomic E-state index is 10.4. The van der Waals surface area contributed by atoms with Crippen molar-refractivity contribution in [3.8, 4) is 0 Å². The monoisotopic (exact) mass is 688 g/mol. The Morgan fingerprint density at radius 2 is 0.342 bits per heavy atom. The van der Waals surface area contributed by atoms with E-state index in [1.165, 1.54) is 0 Å². The molecule has 0 radical (unpaired) electrons. The molecule has 0 fully saturated rings. The molecule has 0 aliphatic heterocycles. The summed E-state index contributed by atoms with van der Waals surface area (Å²) < 4.78 is 284. The number of rotatable bonds is 0. The van der Waals surface area contributed by atoms with Crippen molar-refractivity contribution < 1.29 is 122 Å². The number of halogens is 26. The van der Waals surface area contributed by atoms with Crippen LogP contribution in [0, 0.1) is 0 Å². The van der Waals surface area contributed by atoms with Crippen LogP contribution in [0.2, 0.25) is 0 Å². The lowest BCUT2D eigenvalue weighted by atomic mass is 10.7. The zero-order valence-electron chi connectivity index (χ0n) is 15.8. The first-order valence-corrected chi connectivity index (χ1v) is 9.31. The summed E-state index contributed by atoms with van der Waals surface area (Å²) in [6.45, 7) is 0. The van der Waals surface area contributed by atoms with Gasteiger partial charge in [0, 0.05) is 0 Å². The van der Waals surface area contributed by atoms with Crippen LogP contribution in [0.1, 0.15) is 0 Å². The van der Waals surface area contributed by atoms with Crippen molar-refractivity contribution in [2.24, 2.45) is 0 Å². The van der Waals surface area contributed by atoms with Crippen molar-refractivity contribution in [1.29, 1.82) is 0 Å². The van der Waals surface area contributed by atoms with E-state index in [-0.39, 0.29) is 0 Å². The highest BCUT2D eigenvalue weighted by atomic mass is 31.3. The van der Waals surface area contributed by atoms with E-state index in [0.29, 0.717) is 0 Å². The van der Waals surface area contributed by atoms with Gasteiger partial charge in [-0.1, -0.05) is 0 Å². The van der Waals surface area contributed by atoms with E-state index in [2.05, 4.69) is 0 Å². The summed E-state index contributed by atoms with van der Waals surface area (Å²) in [6.07, 6.45) is -38.1. The Morgan fingerprint density at radius 1 is 0.316 bits per heavy atom. The highest BCUT2D eigenvalue weighted by molar-refractivity contribution is 7.47. The molecule has 0 rings (SSSR count). The van der Waals surface area contributed by atoms with Crippen LogP contribution in [0.4, 0.5) is 113 Å². The van der Waals surface area contributed by atoms with Crippen LogP contribution < -0.4 is 0 Å². The van der Waals surface area contributed by atoms with Crippen LogP contribution in [0.3, 0.4) is 0 Å². The molecule has 0 saturated carbocycles. The summed E-state index contributed by atoms with van der Waals surface area (Å²) in [5.74, 6) is 0. The summed E-state index contributed by atoms with van der Waals surface area (Å²) in [4.78, 5) is 0. The minimum absolute atomic E-state index is 4.20. The molecule has 0 aromatic rings. The predicted octanol–water partition coefficient (Wildman–Crippen LogP) is 11.3. The van der Waals surface area contributed by atoms with Crippen LogP contribution in [-0.4, -0.2) is 50.4 Å². The molecule has 30 heteroatoms. The molecule has 240 valence electrons. The van der Waals surface area contributed by atoms with Crippen molar-refractivity contribution in [2.75, 3.05) is 0 Å².